The van der Waals surface area contributed by atoms with Crippen molar-refractivity contribution in [3.8, 4) is 23.0 Å². The van der Waals surface area contributed by atoms with E-state index < -0.39 is 196 Å². The minimum Gasteiger partial charge on any atom is -0.503 e. The molecule has 26 nitrogen and oxygen atoms in total. The molecule has 4 N–H and O–H groups in total. The maximum atomic E-state index is 13.8. The van der Waals surface area contributed by atoms with E-state index in [0.29, 0.717) is 142 Å². The number of carbonyl (C=O) groups is 16. The molecule has 4 aromatic carbocycles. The van der Waals surface area contributed by atoms with Crippen LogP contribution in [0.3, 0.4) is 0 Å². The minimum absolute atomic E-state index is 0.0463. The quantitative estimate of drug-likeness (QED) is 0.00473. The maximum Gasteiger partial charge on any atom is 0.325 e. The first-order valence-corrected chi connectivity index (χ1v) is 41.7. The van der Waals surface area contributed by atoms with Gasteiger partial charge >= 0.3 is 23.9 Å². The minimum atomic E-state index is -2.38. The standard InChI is InChI=1S/2C22H20F5NO5.2C16H21NO5.2C6HF5O/c2*23-15-16(24)18(26)20(19(27)17(15)25)33-21(32)22(9-5-10-22)12(29)6-3-1-2-4-11-28-13(30)7-8-14(28)31;2*18-12(16(15(21)22)9-5-10-16)6-3-1-2-4-11-17-13(19)7-8-14(17)20;2*7-1-2(8)4(10)6(12)5(11)3(1)9/h2*7-8H,1-6,9-11H2;2*7-8H,1-6,9-11H2,(H,21,22);2*12H. The third kappa shape index (κ3) is 24.8. The fraction of sp³-hybridized carbons (Fsp3) is 0.455. The van der Waals surface area contributed by atoms with Gasteiger partial charge in [0.05, 0.1) is 0 Å². The van der Waals surface area contributed by atoms with Crippen molar-refractivity contribution in [3.63, 3.8) is 0 Å². The van der Waals surface area contributed by atoms with Crippen molar-refractivity contribution < 1.29 is 194 Å². The molecule has 728 valence electrons. The lowest BCUT2D eigenvalue weighted by atomic mass is 9.65. The van der Waals surface area contributed by atoms with Gasteiger partial charge < -0.3 is 29.9 Å². The predicted octanol–water partition coefficient (Wildman–Crippen LogP) is 15.4. The molecule has 46 heteroatoms. The summed E-state index contributed by atoms with van der Waals surface area (Å²) in [5, 5.41) is 34.9. The van der Waals surface area contributed by atoms with Crippen LogP contribution in [0.1, 0.15) is 205 Å². The first kappa shape index (κ1) is 108. The average molecular weight is 1930 g/mol. The van der Waals surface area contributed by atoms with Crippen molar-refractivity contribution in [3.05, 3.63) is 165 Å². The zero-order valence-electron chi connectivity index (χ0n) is 70.6. The van der Waals surface area contributed by atoms with Gasteiger partial charge in [-0.3, -0.25) is 96.3 Å². The second kappa shape index (κ2) is 47.7. The fourth-order valence-electron chi connectivity index (χ4n) is 14.7. The molecule has 0 bridgehead atoms. The van der Waals surface area contributed by atoms with Crippen molar-refractivity contribution >= 4 is 94.3 Å². The Bertz CT molecular complexity index is 4750. The molecule has 134 heavy (non-hydrogen) atoms. The normalized spacial score (nSPS) is 16.5. The number of halogens is 20. The number of ketones is 4. The van der Waals surface area contributed by atoms with Crippen molar-refractivity contribution in [2.24, 2.45) is 21.7 Å². The number of phenolic OH excluding ortho intramolecular Hbond substituents is 2. The summed E-state index contributed by atoms with van der Waals surface area (Å²) < 4.78 is 265. The van der Waals surface area contributed by atoms with Crippen molar-refractivity contribution in [1.29, 1.82) is 0 Å². The van der Waals surface area contributed by atoms with Crippen LogP contribution < -0.4 is 9.47 Å². The monoisotopic (exact) mass is 1930 g/mol. The molecule has 0 saturated heterocycles. The van der Waals surface area contributed by atoms with Crippen LogP contribution in [0.2, 0.25) is 0 Å². The summed E-state index contributed by atoms with van der Waals surface area (Å²) in [5.41, 5.74) is -5.58. The molecule has 0 radical (unpaired) electrons. The van der Waals surface area contributed by atoms with E-state index in [-0.39, 0.29) is 110 Å². The molecule has 4 aliphatic heterocycles. The molecule has 4 heterocycles. The highest BCUT2D eigenvalue weighted by Crippen LogP contribution is 2.49. The average Bonchev–Trinajstić information content (AvgIpc) is 0.808. The van der Waals surface area contributed by atoms with Crippen molar-refractivity contribution in [2.45, 2.75) is 205 Å². The highest BCUT2D eigenvalue weighted by atomic mass is 19.2. The Balaban J connectivity index is 0.000000228. The number of ether oxygens (including phenoxy) is 2. The van der Waals surface area contributed by atoms with Gasteiger partial charge in [-0.25, -0.2) is 52.7 Å². The number of hydrogen-bond acceptors (Lipinski definition) is 20. The third-order valence-electron chi connectivity index (χ3n) is 23.4. The lowest BCUT2D eigenvalue weighted by Gasteiger charge is -2.37. The largest absolute Gasteiger partial charge is 0.503 e. The molecular formula is C88H84F20N4O22. The lowest BCUT2D eigenvalue weighted by Crippen LogP contribution is -2.47. The van der Waals surface area contributed by atoms with Crippen LogP contribution in [0.15, 0.2) is 48.6 Å². The van der Waals surface area contributed by atoms with Crippen LogP contribution in [0, 0.1) is 138 Å². The highest BCUT2D eigenvalue weighted by Gasteiger charge is 2.55. The van der Waals surface area contributed by atoms with Crippen LogP contribution in [0.4, 0.5) is 87.8 Å². The topological polar surface area (TPSA) is 385 Å². The second-order valence-electron chi connectivity index (χ2n) is 31.8. The maximum absolute atomic E-state index is 13.8. The van der Waals surface area contributed by atoms with E-state index in [1.807, 2.05) is 0 Å². The third-order valence-corrected chi connectivity index (χ3v) is 23.4. The summed E-state index contributed by atoms with van der Waals surface area (Å²) in [6, 6.07) is 0. The number of amides is 8. The molecule has 8 amide bonds. The summed E-state index contributed by atoms with van der Waals surface area (Å²) in [5.74, 6) is -60.9. The van der Waals surface area contributed by atoms with Gasteiger partial charge in [-0.15, -0.1) is 0 Å². The van der Waals surface area contributed by atoms with E-state index in [1.165, 1.54) is 58.4 Å². The van der Waals surface area contributed by atoms with E-state index in [0.717, 1.165) is 48.3 Å². The van der Waals surface area contributed by atoms with Crippen LogP contribution >= 0.6 is 0 Å². The molecule has 12 rings (SSSR count). The molecule has 8 aliphatic rings. The number of hydrogen-bond donors (Lipinski definition) is 4. The van der Waals surface area contributed by atoms with Gasteiger partial charge in [-0.2, -0.15) is 35.1 Å². The first-order valence-electron chi connectivity index (χ1n) is 41.7. The molecule has 0 aromatic heterocycles. The van der Waals surface area contributed by atoms with E-state index in [4.69, 9.17) is 20.4 Å². The number of carboxylic acids is 2. The Morgan fingerprint density at radius 2 is 0.396 bits per heavy atom. The number of imide groups is 4. The number of aromatic hydroxyl groups is 2. The van der Waals surface area contributed by atoms with Gasteiger partial charge in [0.2, 0.25) is 128 Å². The zero-order valence-corrected chi connectivity index (χ0v) is 70.6. The van der Waals surface area contributed by atoms with Gasteiger partial charge in [0, 0.05) is 100 Å². The molecular weight excluding hydrogens is 1840 g/mol. The van der Waals surface area contributed by atoms with Gasteiger partial charge in [-0.1, -0.05) is 77.0 Å². The fourth-order valence-corrected chi connectivity index (χ4v) is 14.7. The summed E-state index contributed by atoms with van der Waals surface area (Å²) >= 11 is 0. The number of rotatable bonds is 38. The summed E-state index contributed by atoms with van der Waals surface area (Å²) in [7, 11) is 0. The van der Waals surface area contributed by atoms with Gasteiger partial charge in [-0.05, 0) is 103 Å². The van der Waals surface area contributed by atoms with Crippen LogP contribution in [0.5, 0.6) is 23.0 Å². The molecule has 4 saturated carbocycles. The van der Waals surface area contributed by atoms with E-state index in [9.17, 15) is 165 Å². The number of carboxylic acid groups (broad SMARTS) is 2. The molecule has 4 aliphatic carbocycles. The first-order chi connectivity index (χ1) is 63.1. The Morgan fingerprint density at radius 1 is 0.239 bits per heavy atom. The zero-order chi connectivity index (χ0) is 99.9. The van der Waals surface area contributed by atoms with Crippen LogP contribution in [-0.2, 0) is 76.7 Å². The van der Waals surface area contributed by atoms with Gasteiger partial charge in [0.1, 0.15) is 44.8 Å². The van der Waals surface area contributed by atoms with Crippen molar-refractivity contribution in [2.75, 3.05) is 26.2 Å². The lowest BCUT2D eigenvalue weighted by molar-refractivity contribution is -0.162. The molecule has 0 atom stereocenters. The van der Waals surface area contributed by atoms with E-state index in [2.05, 4.69) is 9.47 Å². The van der Waals surface area contributed by atoms with Crippen LogP contribution in [0.25, 0.3) is 0 Å². The Labute approximate surface area is 747 Å². The summed E-state index contributed by atoms with van der Waals surface area (Å²) in [6.45, 7) is 1.29. The number of esters is 2. The van der Waals surface area contributed by atoms with E-state index in [1.54, 1.807) is 0 Å². The summed E-state index contributed by atoms with van der Waals surface area (Å²) in [6.07, 6.45) is 25.0. The molecule has 4 fully saturated rings. The SMILES string of the molecule is O=C1C=CC(=O)N1CCCCCCC(=O)C1(C(=O)O)CCC1.O=C1C=CC(=O)N1CCCCCCC(=O)C1(C(=O)O)CCC1.O=C1C=CC(=O)N1CCCCCCC(=O)C1(C(=O)Oc2c(F)c(F)c(F)c(F)c2F)CCC1.O=C1C=CC(=O)N1CCCCCCC(=O)C1(C(=O)Oc2c(F)c(F)c(F)c(F)c2F)CCC1.Oc1c(F)c(F)c(F)c(F)c1F.Oc1c(F)c(F)c(F)c(F)c1F. The second-order valence-corrected chi connectivity index (χ2v) is 31.8. The van der Waals surface area contributed by atoms with E-state index >= 15 is 0 Å². The Hall–Kier alpha value is -12.8. The number of nitrogens with zero attached hydrogens (tertiary/aromatic N) is 4. The number of carbonyl (C=O) groups excluding carboxylic acids is 14. The number of benzene rings is 4. The van der Waals surface area contributed by atoms with Gasteiger partial charge in [0.25, 0.3) is 47.3 Å². The van der Waals surface area contributed by atoms with Crippen molar-refractivity contribution in [1.82, 2.24) is 19.6 Å². The molecule has 4 aromatic rings. The molecule has 0 spiro atoms. The number of Topliss-reactive ketones (excluding diaryl/α,β-unsaturated/α-hetero) is 4. The summed E-state index contributed by atoms with van der Waals surface area (Å²) in [4.78, 5) is 193. The van der Waals surface area contributed by atoms with Gasteiger partial charge in [0.15, 0.2) is 11.5 Å². The number of unbranched alkanes of at least 4 members (excludes halogenated alkanes) is 12. The smallest absolute Gasteiger partial charge is 0.325 e. The Kier molecular flexibility index (Phi) is 38.5. The van der Waals surface area contributed by atoms with Crippen LogP contribution in [-0.4, -0.2) is 160 Å². The highest BCUT2D eigenvalue weighted by molar-refractivity contribution is 6.15. The predicted molar refractivity (Wildman–Crippen MR) is 416 cm³/mol. The number of aliphatic carboxylic acids is 2. The Morgan fingerprint density at radius 3 is 0.560 bits per heavy atom. The molecule has 0 unspecified atom stereocenters. The number of phenols is 2.